The third-order valence-electron chi connectivity index (χ3n) is 11.7. The van der Waals surface area contributed by atoms with Gasteiger partial charge >= 0.3 is 17.9 Å². The van der Waals surface area contributed by atoms with Gasteiger partial charge in [0.05, 0.1) is 22.2 Å². The second kappa shape index (κ2) is 38.7. The summed E-state index contributed by atoms with van der Waals surface area (Å²) in [5, 5.41) is 4.15. The third kappa shape index (κ3) is 29.6. The van der Waals surface area contributed by atoms with Crippen molar-refractivity contribution < 1.29 is 28.6 Å². The van der Waals surface area contributed by atoms with Crippen LogP contribution in [0, 0.1) is 0 Å². The Hall–Kier alpha value is -2.77. The average molecular weight is 903 g/mol. The number of hydrogen-bond acceptors (Lipinski definition) is 7. The Kier molecular flexibility index (Phi) is 34.5. The van der Waals surface area contributed by atoms with E-state index in [2.05, 4.69) is 19.2 Å². The second-order valence-corrected chi connectivity index (χ2v) is 18.2. The number of halogens is 2. The molecule has 1 unspecified atom stereocenters. The molecule has 7 nitrogen and oxygen atoms in total. The van der Waals surface area contributed by atoms with Crippen LogP contribution in [0.25, 0.3) is 0 Å². The summed E-state index contributed by atoms with van der Waals surface area (Å²) in [4.78, 5) is 38.8. The number of anilines is 2. The zero-order valence-corrected chi connectivity index (χ0v) is 40.6. The lowest BCUT2D eigenvalue weighted by Gasteiger charge is -2.19. The van der Waals surface area contributed by atoms with E-state index in [4.69, 9.17) is 37.4 Å². The van der Waals surface area contributed by atoms with Gasteiger partial charge in [-0.1, -0.05) is 241 Å². The molecule has 0 spiro atoms. The van der Waals surface area contributed by atoms with Crippen molar-refractivity contribution >= 4 is 52.5 Å². The van der Waals surface area contributed by atoms with E-state index in [0.29, 0.717) is 33.4 Å². The normalized spacial score (nSPS) is 11.7. The van der Waals surface area contributed by atoms with Gasteiger partial charge in [-0.2, -0.15) is 0 Å². The van der Waals surface area contributed by atoms with Crippen molar-refractivity contribution in [3.8, 4) is 0 Å². The number of ether oxygens (including phenoxy) is 3. The molecule has 1 atom stereocenters. The Morgan fingerprint density at radius 2 is 0.839 bits per heavy atom. The molecule has 352 valence electrons. The predicted octanol–water partition coefficient (Wildman–Crippen LogP) is 16.8. The highest BCUT2D eigenvalue weighted by Gasteiger charge is 2.20. The molecule has 0 aliphatic rings. The molecule has 9 heteroatoms. The monoisotopic (exact) mass is 902 g/mol. The Balaban J connectivity index is 1.73. The van der Waals surface area contributed by atoms with Gasteiger partial charge in [0.2, 0.25) is 0 Å². The number of hydrogen-bond donors (Lipinski definition) is 1. The average Bonchev–Trinajstić information content (AvgIpc) is 3.26. The quantitative estimate of drug-likeness (QED) is 0.0404. The summed E-state index contributed by atoms with van der Waals surface area (Å²) in [7, 11) is 0. The topological polar surface area (TPSA) is 90.9 Å². The number of nitrogens with one attached hydrogen (secondary N) is 1. The van der Waals surface area contributed by atoms with Gasteiger partial charge < -0.3 is 19.5 Å². The van der Waals surface area contributed by atoms with Crippen LogP contribution in [0.5, 0.6) is 0 Å². The number of rotatable bonds is 41. The van der Waals surface area contributed by atoms with Crippen LogP contribution in [0.1, 0.15) is 225 Å². The molecule has 0 saturated heterocycles. The fourth-order valence-corrected chi connectivity index (χ4v) is 8.33. The summed E-state index contributed by atoms with van der Waals surface area (Å²) >= 11 is 12.8. The van der Waals surface area contributed by atoms with Crippen molar-refractivity contribution in [2.45, 2.75) is 232 Å². The minimum atomic E-state index is -0.886. The number of unbranched alkanes of at least 4 members (excludes halogenated alkanes) is 28. The van der Waals surface area contributed by atoms with E-state index in [1.807, 2.05) is 24.3 Å². The SMILES string of the molecule is CCCCCCCCCCCCCCCCCC(=O)OCC(COC(=O)Cc1ccccc1Nc1c(Cl)cccc1Cl)OC(=O)CCCCCCCCCCCCCCCCC. The van der Waals surface area contributed by atoms with Crippen LogP contribution < -0.4 is 5.32 Å². The molecular formula is C53H85Cl2NO6. The maximum Gasteiger partial charge on any atom is 0.310 e. The van der Waals surface area contributed by atoms with Crippen LogP contribution in [-0.2, 0) is 35.0 Å². The minimum Gasteiger partial charge on any atom is -0.462 e. The lowest BCUT2D eigenvalue weighted by molar-refractivity contribution is -0.166. The van der Waals surface area contributed by atoms with E-state index in [1.54, 1.807) is 18.2 Å². The molecule has 0 aliphatic heterocycles. The Labute approximate surface area is 387 Å². The van der Waals surface area contributed by atoms with Gasteiger partial charge in [-0.25, -0.2) is 0 Å². The summed E-state index contributed by atoms with van der Waals surface area (Å²) in [6.45, 7) is 4.17. The molecule has 0 aliphatic carbocycles. The number of esters is 3. The van der Waals surface area contributed by atoms with Crippen molar-refractivity contribution in [1.29, 1.82) is 0 Å². The van der Waals surface area contributed by atoms with E-state index in [-0.39, 0.29) is 38.0 Å². The maximum atomic E-state index is 13.1. The Morgan fingerprint density at radius 1 is 0.468 bits per heavy atom. The molecule has 0 heterocycles. The first-order valence-corrected chi connectivity index (χ1v) is 25.9. The summed E-state index contributed by atoms with van der Waals surface area (Å²) in [6, 6.07) is 12.6. The zero-order valence-electron chi connectivity index (χ0n) is 39.1. The van der Waals surface area contributed by atoms with Crippen LogP contribution in [-0.4, -0.2) is 37.2 Å². The number of para-hydroxylation sites is 2. The molecule has 1 N–H and O–H groups in total. The zero-order chi connectivity index (χ0) is 44.7. The minimum absolute atomic E-state index is 0.0377. The van der Waals surface area contributed by atoms with Crippen molar-refractivity contribution in [2.24, 2.45) is 0 Å². The van der Waals surface area contributed by atoms with Crippen molar-refractivity contribution in [2.75, 3.05) is 18.5 Å². The van der Waals surface area contributed by atoms with E-state index >= 15 is 0 Å². The number of carbonyl (C=O) groups is 3. The molecule has 2 rings (SSSR count). The number of carbonyl (C=O) groups excluding carboxylic acids is 3. The molecule has 0 fully saturated rings. The van der Waals surface area contributed by atoms with Crippen molar-refractivity contribution in [1.82, 2.24) is 0 Å². The fraction of sp³-hybridized carbons (Fsp3) is 0.717. The molecule has 0 saturated carbocycles. The molecule has 0 aromatic heterocycles. The largest absolute Gasteiger partial charge is 0.462 e. The van der Waals surface area contributed by atoms with Gasteiger partial charge in [0.15, 0.2) is 6.10 Å². The molecule has 2 aromatic carbocycles. The Bertz CT molecular complexity index is 1420. The van der Waals surface area contributed by atoms with Crippen LogP contribution in [0.3, 0.4) is 0 Å². The van der Waals surface area contributed by atoms with Crippen molar-refractivity contribution in [3.05, 3.63) is 58.1 Å². The summed E-state index contributed by atoms with van der Waals surface area (Å²) < 4.78 is 16.9. The summed E-state index contributed by atoms with van der Waals surface area (Å²) in [5.41, 5.74) is 1.90. The smallest absolute Gasteiger partial charge is 0.310 e. The first kappa shape index (κ1) is 55.4. The van der Waals surface area contributed by atoms with E-state index in [0.717, 1.165) is 38.5 Å². The fourth-order valence-electron chi connectivity index (χ4n) is 7.84. The first-order valence-electron chi connectivity index (χ1n) is 25.1. The standard InChI is InChI=1S/C53H85Cl2NO6/c1-3-5-7-9-11-13-15-17-19-21-23-25-27-29-31-40-50(57)60-43-46(62-51(58)41-32-30-28-26-24-22-20-18-16-14-12-10-8-6-4-2)44-61-52(59)42-45-36-33-34-39-49(45)56-53-47(54)37-35-38-48(53)55/h33-39,46,56H,3-32,40-44H2,1-2H3. The van der Waals surface area contributed by atoms with E-state index in [9.17, 15) is 14.4 Å². The molecule has 0 amide bonds. The third-order valence-corrected chi connectivity index (χ3v) is 12.3. The van der Waals surface area contributed by atoms with Gasteiger partial charge in [0.25, 0.3) is 0 Å². The van der Waals surface area contributed by atoms with Crippen LogP contribution >= 0.6 is 23.2 Å². The van der Waals surface area contributed by atoms with E-state index < -0.39 is 12.1 Å². The molecule has 0 bridgehead atoms. The van der Waals surface area contributed by atoms with Gasteiger partial charge in [-0.05, 0) is 36.6 Å². The predicted molar refractivity (Wildman–Crippen MR) is 261 cm³/mol. The van der Waals surface area contributed by atoms with Gasteiger partial charge in [-0.15, -0.1) is 0 Å². The molecule has 62 heavy (non-hydrogen) atoms. The lowest BCUT2D eigenvalue weighted by atomic mass is 10.0. The van der Waals surface area contributed by atoms with Crippen LogP contribution in [0.2, 0.25) is 10.0 Å². The highest BCUT2D eigenvalue weighted by molar-refractivity contribution is 6.39. The first-order chi connectivity index (χ1) is 30.3. The Morgan fingerprint density at radius 3 is 1.27 bits per heavy atom. The second-order valence-electron chi connectivity index (χ2n) is 17.4. The van der Waals surface area contributed by atoms with Gasteiger partial charge in [0, 0.05) is 18.5 Å². The lowest BCUT2D eigenvalue weighted by Crippen LogP contribution is -2.31. The molecule has 0 radical (unpaired) electrons. The van der Waals surface area contributed by atoms with Gasteiger partial charge in [0.1, 0.15) is 13.2 Å². The van der Waals surface area contributed by atoms with Crippen LogP contribution in [0.4, 0.5) is 11.4 Å². The molecule has 2 aromatic rings. The van der Waals surface area contributed by atoms with Crippen molar-refractivity contribution in [3.63, 3.8) is 0 Å². The van der Waals surface area contributed by atoms with Crippen LogP contribution in [0.15, 0.2) is 42.5 Å². The van der Waals surface area contributed by atoms with Gasteiger partial charge in [-0.3, -0.25) is 14.4 Å². The molecular weight excluding hydrogens is 817 g/mol. The highest BCUT2D eigenvalue weighted by Crippen LogP contribution is 2.34. The maximum absolute atomic E-state index is 13.1. The van der Waals surface area contributed by atoms with E-state index in [1.165, 1.54) is 154 Å². The summed E-state index contributed by atoms with van der Waals surface area (Å²) in [5.74, 6) is -1.20. The highest BCUT2D eigenvalue weighted by atomic mass is 35.5. The summed E-state index contributed by atoms with van der Waals surface area (Å²) in [6.07, 6.45) is 37.3. The number of benzene rings is 2.